The van der Waals surface area contributed by atoms with Crippen LogP contribution in [-0.2, 0) is 14.3 Å². The summed E-state index contributed by atoms with van der Waals surface area (Å²) in [5.74, 6) is -0.0571. The Bertz CT molecular complexity index is 1330. The first kappa shape index (κ1) is 80.1. The summed E-state index contributed by atoms with van der Waals surface area (Å²) in [5, 5.41) is 23.3. The van der Waals surface area contributed by atoms with Crippen LogP contribution in [0.1, 0.15) is 412 Å². The number of carbonyl (C=O) groups is 2. The summed E-state index contributed by atoms with van der Waals surface area (Å²) in [6.07, 6.45) is 92.3. The van der Waals surface area contributed by atoms with Gasteiger partial charge in [-0.25, -0.2) is 0 Å². The highest BCUT2D eigenvalue weighted by atomic mass is 16.5. The number of hydrogen-bond donors (Lipinski definition) is 3. The fraction of sp³-hybridized carbons (Fsp3) is 0.895. The third kappa shape index (κ3) is 67.2. The Morgan fingerprint density at radius 3 is 0.927 bits per heavy atom. The molecule has 82 heavy (non-hydrogen) atoms. The summed E-state index contributed by atoms with van der Waals surface area (Å²) >= 11 is 0. The van der Waals surface area contributed by atoms with Gasteiger partial charge in [0.15, 0.2) is 0 Å². The van der Waals surface area contributed by atoms with E-state index in [2.05, 4.69) is 43.5 Å². The standard InChI is InChI=1S/C76H145NO5/c1-3-5-7-9-11-13-15-17-19-21-22-23-24-28-31-34-37-40-44-48-52-56-60-64-68-74(79)73(72-78)77-75(80)69-65-61-57-53-49-45-41-38-35-32-29-26-25-27-30-33-36-39-43-47-51-55-59-63-67-71-82-76(81)70-66-62-58-54-50-46-42-20-18-16-14-12-10-8-6-4-2/h26-27,29-30,64,68,73-74,78-79H,3-25,28,31-63,65-67,69-72H2,1-2H3,(H,77,80)/b29-26-,30-27-,68-64+. The first-order valence-corrected chi connectivity index (χ1v) is 37.3. The number of unbranched alkanes of at least 4 members (excludes halogenated alkanes) is 55. The molecule has 2 unspecified atom stereocenters. The summed E-state index contributed by atoms with van der Waals surface area (Å²) in [4.78, 5) is 24.6. The van der Waals surface area contributed by atoms with Crippen molar-refractivity contribution in [1.29, 1.82) is 0 Å². The molecule has 6 heteroatoms. The van der Waals surface area contributed by atoms with E-state index in [-0.39, 0.29) is 18.5 Å². The van der Waals surface area contributed by atoms with Crippen LogP contribution in [0.25, 0.3) is 0 Å². The number of ether oxygens (including phenoxy) is 1. The van der Waals surface area contributed by atoms with Gasteiger partial charge in [-0.15, -0.1) is 0 Å². The number of amides is 1. The minimum atomic E-state index is -0.850. The van der Waals surface area contributed by atoms with Crippen LogP contribution in [0.3, 0.4) is 0 Å². The Hall–Kier alpha value is -1.92. The molecule has 0 aromatic rings. The second kappa shape index (κ2) is 71.6. The molecule has 0 aromatic heterocycles. The topological polar surface area (TPSA) is 95.9 Å². The van der Waals surface area contributed by atoms with Crippen molar-refractivity contribution in [2.24, 2.45) is 0 Å². The smallest absolute Gasteiger partial charge is 0.305 e. The molecular weight excluding hydrogens is 1010 g/mol. The highest BCUT2D eigenvalue weighted by molar-refractivity contribution is 5.76. The number of esters is 1. The van der Waals surface area contributed by atoms with Gasteiger partial charge in [0, 0.05) is 12.8 Å². The molecule has 3 N–H and O–H groups in total. The number of hydrogen-bond acceptors (Lipinski definition) is 5. The number of allylic oxidation sites excluding steroid dienone is 5. The maximum absolute atomic E-state index is 12.5. The summed E-state index contributed by atoms with van der Waals surface area (Å²) in [6, 6.07) is -0.634. The van der Waals surface area contributed by atoms with Gasteiger partial charge in [-0.05, 0) is 64.2 Å². The monoisotopic (exact) mass is 1150 g/mol. The van der Waals surface area contributed by atoms with Crippen LogP contribution in [0.2, 0.25) is 0 Å². The lowest BCUT2D eigenvalue weighted by atomic mass is 10.0. The van der Waals surface area contributed by atoms with Crippen molar-refractivity contribution in [2.75, 3.05) is 13.2 Å². The maximum Gasteiger partial charge on any atom is 0.305 e. The number of aliphatic hydroxyl groups excluding tert-OH is 2. The molecule has 6 nitrogen and oxygen atoms in total. The molecule has 0 aliphatic heterocycles. The third-order valence-corrected chi connectivity index (χ3v) is 17.4. The summed E-state index contributed by atoms with van der Waals surface area (Å²) in [5.41, 5.74) is 0. The Labute approximate surface area is 513 Å². The molecule has 0 spiro atoms. The molecule has 0 aromatic carbocycles. The van der Waals surface area contributed by atoms with Crippen molar-refractivity contribution >= 4 is 11.9 Å². The highest BCUT2D eigenvalue weighted by Crippen LogP contribution is 2.19. The quantitative estimate of drug-likeness (QED) is 0.0320. The predicted molar refractivity (Wildman–Crippen MR) is 361 cm³/mol. The van der Waals surface area contributed by atoms with Crippen LogP contribution in [0.15, 0.2) is 36.5 Å². The second-order valence-corrected chi connectivity index (χ2v) is 25.6. The Morgan fingerprint density at radius 1 is 0.341 bits per heavy atom. The largest absolute Gasteiger partial charge is 0.466 e. The average molecular weight is 1150 g/mol. The van der Waals surface area contributed by atoms with E-state index >= 15 is 0 Å². The molecule has 0 fully saturated rings. The van der Waals surface area contributed by atoms with Crippen LogP contribution >= 0.6 is 0 Å². The third-order valence-electron chi connectivity index (χ3n) is 17.4. The predicted octanol–water partition coefficient (Wildman–Crippen LogP) is 24.3. The van der Waals surface area contributed by atoms with E-state index in [1.165, 1.54) is 340 Å². The molecule has 1 amide bonds. The average Bonchev–Trinajstić information content (AvgIpc) is 3.48. The first-order chi connectivity index (χ1) is 40.5. The van der Waals surface area contributed by atoms with Gasteiger partial charge in [0.25, 0.3) is 0 Å². The fourth-order valence-corrected chi connectivity index (χ4v) is 11.7. The van der Waals surface area contributed by atoms with Crippen molar-refractivity contribution in [3.63, 3.8) is 0 Å². The van der Waals surface area contributed by atoms with E-state index < -0.39 is 12.1 Å². The molecule has 0 bridgehead atoms. The van der Waals surface area contributed by atoms with E-state index in [0.717, 1.165) is 44.9 Å². The normalized spacial score (nSPS) is 12.7. The molecule has 0 radical (unpaired) electrons. The van der Waals surface area contributed by atoms with Crippen molar-refractivity contribution in [3.05, 3.63) is 36.5 Å². The van der Waals surface area contributed by atoms with E-state index in [4.69, 9.17) is 4.74 Å². The number of nitrogens with one attached hydrogen (secondary N) is 1. The van der Waals surface area contributed by atoms with Crippen molar-refractivity contribution in [2.45, 2.75) is 424 Å². The zero-order valence-electron chi connectivity index (χ0n) is 55.5. The molecule has 0 aliphatic carbocycles. The lowest BCUT2D eigenvalue weighted by molar-refractivity contribution is -0.143. The molecule has 0 saturated carbocycles. The zero-order chi connectivity index (χ0) is 59.2. The molecule has 2 atom stereocenters. The van der Waals surface area contributed by atoms with Gasteiger partial charge in [0.05, 0.1) is 25.4 Å². The van der Waals surface area contributed by atoms with E-state index in [1.54, 1.807) is 6.08 Å². The number of aliphatic hydroxyl groups is 2. The highest BCUT2D eigenvalue weighted by Gasteiger charge is 2.18. The van der Waals surface area contributed by atoms with E-state index in [1.807, 2.05) is 6.08 Å². The van der Waals surface area contributed by atoms with Gasteiger partial charge in [0.1, 0.15) is 0 Å². The van der Waals surface area contributed by atoms with Crippen molar-refractivity contribution in [3.8, 4) is 0 Å². The van der Waals surface area contributed by atoms with E-state index in [0.29, 0.717) is 19.4 Å². The summed E-state index contributed by atoms with van der Waals surface area (Å²) < 4.78 is 5.50. The first-order valence-electron chi connectivity index (χ1n) is 37.3. The lowest BCUT2D eigenvalue weighted by Crippen LogP contribution is -2.45. The number of rotatable bonds is 70. The van der Waals surface area contributed by atoms with E-state index in [9.17, 15) is 19.8 Å². The van der Waals surface area contributed by atoms with Gasteiger partial charge in [-0.2, -0.15) is 0 Å². The SMILES string of the molecule is CCCCCCCCCCCCCCCCCCCCCCCC/C=C/C(O)C(CO)NC(=O)CCCCCCCCCCC/C=C\C/C=C\CCCCCCCCCCCOC(=O)CCCCCCCCCCCCCCCCCC. The van der Waals surface area contributed by atoms with Gasteiger partial charge >= 0.3 is 5.97 Å². The van der Waals surface area contributed by atoms with Crippen LogP contribution in [0.4, 0.5) is 0 Å². The van der Waals surface area contributed by atoms with Crippen molar-refractivity contribution < 1.29 is 24.5 Å². The molecule has 484 valence electrons. The molecule has 0 aliphatic rings. The van der Waals surface area contributed by atoms with Crippen LogP contribution in [0.5, 0.6) is 0 Å². The Balaban J connectivity index is 3.45. The molecule has 0 saturated heterocycles. The van der Waals surface area contributed by atoms with Crippen LogP contribution in [0, 0.1) is 0 Å². The van der Waals surface area contributed by atoms with Crippen molar-refractivity contribution in [1.82, 2.24) is 5.32 Å². The number of carbonyl (C=O) groups excluding carboxylic acids is 2. The Kier molecular flexibility index (Phi) is 69.9. The summed E-state index contributed by atoms with van der Waals surface area (Å²) in [6.45, 7) is 4.94. The summed E-state index contributed by atoms with van der Waals surface area (Å²) in [7, 11) is 0. The zero-order valence-corrected chi connectivity index (χ0v) is 55.5. The fourth-order valence-electron chi connectivity index (χ4n) is 11.7. The molecule has 0 rings (SSSR count). The lowest BCUT2D eigenvalue weighted by Gasteiger charge is -2.20. The minimum Gasteiger partial charge on any atom is -0.466 e. The molecular formula is C76H145NO5. The molecule has 0 heterocycles. The van der Waals surface area contributed by atoms with Gasteiger partial charge < -0.3 is 20.3 Å². The Morgan fingerprint density at radius 2 is 0.610 bits per heavy atom. The minimum absolute atomic E-state index is 0.0127. The van der Waals surface area contributed by atoms with Gasteiger partial charge in [-0.3, -0.25) is 9.59 Å². The van der Waals surface area contributed by atoms with Crippen LogP contribution < -0.4 is 5.32 Å². The van der Waals surface area contributed by atoms with Gasteiger partial charge in [0.2, 0.25) is 5.91 Å². The maximum atomic E-state index is 12.5. The van der Waals surface area contributed by atoms with Gasteiger partial charge in [-0.1, -0.05) is 371 Å². The second-order valence-electron chi connectivity index (χ2n) is 25.6. The van der Waals surface area contributed by atoms with Crippen LogP contribution in [-0.4, -0.2) is 47.4 Å².